The Morgan fingerprint density at radius 1 is 1.03 bits per heavy atom. The van der Waals surface area contributed by atoms with E-state index in [2.05, 4.69) is 6.58 Å². The van der Waals surface area contributed by atoms with E-state index in [4.69, 9.17) is 26.4 Å². The van der Waals surface area contributed by atoms with E-state index >= 15 is 0 Å². The fourth-order valence-electron chi connectivity index (χ4n) is 2.81. The number of aryl methyl sites for hydroxylation is 1. The summed E-state index contributed by atoms with van der Waals surface area (Å²) >= 11 is 6.57. The molecule has 3 rings (SSSR count). The summed E-state index contributed by atoms with van der Waals surface area (Å²) in [6.45, 7) is 7.99. The smallest absolute Gasteiger partial charge is 0.266 e. The van der Waals surface area contributed by atoms with Crippen LogP contribution in [0.15, 0.2) is 66.1 Å². The van der Waals surface area contributed by atoms with Crippen LogP contribution in [0.5, 0.6) is 11.5 Å². The normalized spacial score (nSPS) is 14.9. The number of amides is 1. The molecule has 1 fully saturated rings. The lowest BCUT2D eigenvalue weighted by Gasteiger charge is -2.10. The first-order valence-corrected chi connectivity index (χ1v) is 11.2. The fraction of sp³-hybridized carbons (Fsp3) is 0.250. The maximum absolute atomic E-state index is 12.4. The Morgan fingerprint density at radius 2 is 1.74 bits per heavy atom. The minimum atomic E-state index is -0.0949. The highest BCUT2D eigenvalue weighted by molar-refractivity contribution is 8.26. The highest BCUT2D eigenvalue weighted by Gasteiger charge is 2.30. The van der Waals surface area contributed by atoms with Gasteiger partial charge < -0.3 is 14.2 Å². The summed E-state index contributed by atoms with van der Waals surface area (Å²) < 4.78 is 17.5. The van der Waals surface area contributed by atoms with Gasteiger partial charge in [-0.05, 0) is 42.8 Å². The summed E-state index contributed by atoms with van der Waals surface area (Å²) in [5, 5.41) is 0. The summed E-state index contributed by atoms with van der Waals surface area (Å²) in [6, 6.07) is 15.5. The first-order valence-electron chi connectivity index (χ1n) is 9.93. The molecule has 1 amide bonds. The summed E-state index contributed by atoms with van der Waals surface area (Å²) in [6.07, 6.45) is 3.49. The van der Waals surface area contributed by atoms with Gasteiger partial charge in [0.15, 0.2) is 0 Å². The van der Waals surface area contributed by atoms with Gasteiger partial charge in [0.1, 0.15) is 29.0 Å². The number of ether oxygens (including phenoxy) is 3. The average Bonchev–Trinajstić information content (AvgIpc) is 3.02. The van der Waals surface area contributed by atoms with Gasteiger partial charge in [0.2, 0.25) is 0 Å². The Kier molecular flexibility index (Phi) is 8.70. The number of thiocarbonyl (C=S) groups is 1. The zero-order valence-corrected chi connectivity index (χ0v) is 19.0. The zero-order valence-electron chi connectivity index (χ0n) is 17.4. The molecular formula is C24H25NO4S2. The van der Waals surface area contributed by atoms with E-state index in [-0.39, 0.29) is 5.91 Å². The zero-order chi connectivity index (χ0) is 22.1. The number of hydrogen-bond acceptors (Lipinski definition) is 6. The third kappa shape index (κ3) is 6.95. The highest BCUT2D eigenvalue weighted by atomic mass is 32.2. The van der Waals surface area contributed by atoms with Crippen molar-refractivity contribution in [2.24, 2.45) is 0 Å². The van der Waals surface area contributed by atoms with Crippen LogP contribution in [0.3, 0.4) is 0 Å². The molecule has 2 aromatic carbocycles. The third-order valence-electron chi connectivity index (χ3n) is 4.35. The van der Waals surface area contributed by atoms with E-state index in [9.17, 15) is 4.79 Å². The van der Waals surface area contributed by atoms with Gasteiger partial charge in [-0.25, -0.2) is 0 Å². The highest BCUT2D eigenvalue weighted by Crippen LogP contribution is 2.32. The van der Waals surface area contributed by atoms with Gasteiger partial charge in [-0.3, -0.25) is 9.69 Å². The minimum Gasteiger partial charge on any atom is -0.491 e. The number of hydrogen-bond donors (Lipinski definition) is 0. The molecule has 7 heteroatoms. The lowest BCUT2D eigenvalue weighted by Crippen LogP contribution is -2.27. The molecule has 0 aromatic heterocycles. The maximum atomic E-state index is 12.4. The second-order valence-electron chi connectivity index (χ2n) is 6.78. The van der Waals surface area contributed by atoms with Crippen molar-refractivity contribution in [2.75, 3.05) is 33.0 Å². The lowest BCUT2D eigenvalue weighted by molar-refractivity contribution is -0.121. The molecule has 1 saturated heterocycles. The molecule has 1 aliphatic rings. The minimum absolute atomic E-state index is 0.0949. The molecule has 0 bridgehead atoms. The van der Waals surface area contributed by atoms with Crippen molar-refractivity contribution >= 4 is 40.3 Å². The Hall–Kier alpha value is -2.61. The van der Waals surface area contributed by atoms with Crippen LogP contribution in [0.4, 0.5) is 0 Å². The van der Waals surface area contributed by atoms with E-state index in [0.29, 0.717) is 42.2 Å². The number of carbonyl (C=O) groups is 1. The molecule has 0 atom stereocenters. The van der Waals surface area contributed by atoms with Crippen LogP contribution in [0.2, 0.25) is 0 Å². The second kappa shape index (κ2) is 11.7. The Labute approximate surface area is 192 Å². The van der Waals surface area contributed by atoms with Crippen molar-refractivity contribution in [1.82, 2.24) is 4.90 Å². The van der Waals surface area contributed by atoms with Gasteiger partial charge in [0.05, 0.1) is 18.1 Å². The van der Waals surface area contributed by atoms with Crippen molar-refractivity contribution < 1.29 is 19.0 Å². The molecule has 5 nitrogen and oxygen atoms in total. The van der Waals surface area contributed by atoms with Crippen LogP contribution in [0.1, 0.15) is 11.1 Å². The van der Waals surface area contributed by atoms with E-state index in [1.807, 2.05) is 61.5 Å². The van der Waals surface area contributed by atoms with Gasteiger partial charge in [-0.1, -0.05) is 59.9 Å². The van der Waals surface area contributed by atoms with Gasteiger partial charge in [0.25, 0.3) is 5.91 Å². The topological polar surface area (TPSA) is 48.0 Å². The number of carbonyl (C=O) groups excluding carboxylic acids is 1. The fourth-order valence-corrected chi connectivity index (χ4v) is 4.08. The SMILES string of the molecule is C=CCN1C(=O)/C(=C\c2cccc(OCCOCCOc3ccc(C)cc3)c2)SC1=S. The van der Waals surface area contributed by atoms with E-state index < -0.39 is 0 Å². The molecule has 31 heavy (non-hydrogen) atoms. The predicted octanol–water partition coefficient (Wildman–Crippen LogP) is 4.86. The molecule has 2 aromatic rings. The Morgan fingerprint density at radius 3 is 2.45 bits per heavy atom. The van der Waals surface area contributed by atoms with Gasteiger partial charge >= 0.3 is 0 Å². The second-order valence-corrected chi connectivity index (χ2v) is 8.45. The first-order chi connectivity index (χ1) is 15.1. The molecule has 0 N–H and O–H groups in total. The van der Waals surface area contributed by atoms with Crippen LogP contribution in [-0.4, -0.2) is 48.1 Å². The van der Waals surface area contributed by atoms with Crippen molar-refractivity contribution in [3.05, 3.63) is 77.2 Å². The molecule has 0 unspecified atom stereocenters. The lowest BCUT2D eigenvalue weighted by atomic mass is 10.2. The van der Waals surface area contributed by atoms with Crippen molar-refractivity contribution in [3.8, 4) is 11.5 Å². The van der Waals surface area contributed by atoms with Gasteiger partial charge in [0, 0.05) is 6.54 Å². The first kappa shape index (κ1) is 23.1. The quantitative estimate of drug-likeness (QED) is 0.209. The van der Waals surface area contributed by atoms with E-state index in [0.717, 1.165) is 17.1 Å². The van der Waals surface area contributed by atoms with E-state index in [1.165, 1.54) is 17.3 Å². The number of thioether (sulfide) groups is 1. The molecule has 0 spiro atoms. The van der Waals surface area contributed by atoms with Crippen LogP contribution in [-0.2, 0) is 9.53 Å². The molecule has 1 heterocycles. The standard InChI is InChI=1S/C24H25NO4S2/c1-3-11-25-23(26)22(31-24(25)30)17-19-5-4-6-21(16-19)29-15-13-27-12-14-28-20-9-7-18(2)8-10-20/h3-10,16-17H,1,11-15H2,2H3/b22-17+. The maximum Gasteiger partial charge on any atom is 0.266 e. The van der Waals surface area contributed by atoms with Crippen molar-refractivity contribution in [2.45, 2.75) is 6.92 Å². The monoisotopic (exact) mass is 455 g/mol. The number of nitrogens with zero attached hydrogens (tertiary/aromatic N) is 1. The predicted molar refractivity (Wildman–Crippen MR) is 130 cm³/mol. The van der Waals surface area contributed by atoms with Crippen molar-refractivity contribution in [1.29, 1.82) is 0 Å². The summed E-state index contributed by atoms with van der Waals surface area (Å²) in [5.74, 6) is 1.46. The molecule has 1 aliphatic heterocycles. The van der Waals surface area contributed by atoms with Crippen molar-refractivity contribution in [3.63, 3.8) is 0 Å². The molecule has 0 saturated carbocycles. The van der Waals surface area contributed by atoms with Crippen LogP contribution in [0.25, 0.3) is 6.08 Å². The van der Waals surface area contributed by atoms with E-state index in [1.54, 1.807) is 11.0 Å². The largest absolute Gasteiger partial charge is 0.491 e. The molecule has 162 valence electrons. The van der Waals surface area contributed by atoms with Gasteiger partial charge in [-0.15, -0.1) is 6.58 Å². The Balaban J connectivity index is 1.40. The Bertz CT molecular complexity index is 956. The van der Waals surface area contributed by atoms with Crippen LogP contribution in [0, 0.1) is 6.92 Å². The number of benzene rings is 2. The van der Waals surface area contributed by atoms with Crippen LogP contribution < -0.4 is 9.47 Å². The summed E-state index contributed by atoms with van der Waals surface area (Å²) in [5.41, 5.74) is 2.08. The average molecular weight is 456 g/mol. The molecular weight excluding hydrogens is 430 g/mol. The summed E-state index contributed by atoms with van der Waals surface area (Å²) in [4.78, 5) is 14.6. The molecule has 0 radical (unpaired) electrons. The van der Waals surface area contributed by atoms with Crippen LogP contribution >= 0.6 is 24.0 Å². The third-order valence-corrected chi connectivity index (χ3v) is 5.73. The van der Waals surface area contributed by atoms with Gasteiger partial charge in [-0.2, -0.15) is 0 Å². The molecule has 0 aliphatic carbocycles. The number of rotatable bonds is 11. The summed E-state index contributed by atoms with van der Waals surface area (Å²) in [7, 11) is 0.